The molecule has 4 heteroatoms. The maximum Gasteiger partial charge on any atom is 0.222 e. The lowest BCUT2D eigenvalue weighted by Crippen LogP contribution is -1.94. The van der Waals surface area contributed by atoms with Crippen molar-refractivity contribution in [1.82, 2.24) is 4.98 Å². The molecule has 0 saturated carbocycles. The average molecular weight is 257 g/mol. The molecule has 0 bridgehead atoms. The predicted octanol–water partition coefficient (Wildman–Crippen LogP) is 3.14. The molecule has 19 heavy (non-hydrogen) atoms. The molecule has 0 spiro atoms. The van der Waals surface area contributed by atoms with Crippen LogP contribution in [-0.2, 0) is 11.3 Å². The van der Waals surface area contributed by atoms with Gasteiger partial charge in [-0.25, -0.2) is 4.98 Å². The molecule has 0 N–H and O–H groups in total. The number of carbonyl (C=O) groups excluding carboxylic acids is 1. The lowest BCUT2D eigenvalue weighted by Gasteiger charge is -2.09. The molecule has 1 aromatic heterocycles. The van der Waals surface area contributed by atoms with E-state index in [4.69, 9.17) is 9.47 Å². The van der Waals surface area contributed by atoms with Crippen LogP contribution in [-0.4, -0.2) is 18.4 Å². The molecule has 2 aromatic rings. The number of aromatic nitrogens is 1. The second kappa shape index (κ2) is 6.11. The minimum atomic E-state index is 0.500. The van der Waals surface area contributed by atoms with Crippen molar-refractivity contribution < 1.29 is 14.3 Å². The Morgan fingerprint density at radius 2 is 2.16 bits per heavy atom. The summed E-state index contributed by atoms with van der Waals surface area (Å²) >= 11 is 0. The Balaban J connectivity index is 2.20. The summed E-state index contributed by atoms with van der Waals surface area (Å²) in [5.41, 5.74) is 2.39. The first-order valence-electron chi connectivity index (χ1n) is 5.90. The zero-order valence-corrected chi connectivity index (χ0v) is 10.9. The highest BCUT2D eigenvalue weighted by atomic mass is 16.5. The van der Waals surface area contributed by atoms with Crippen molar-refractivity contribution in [2.75, 3.05) is 7.11 Å². The molecule has 0 radical (unpaired) electrons. The van der Waals surface area contributed by atoms with Gasteiger partial charge in [-0.3, -0.25) is 4.79 Å². The molecule has 0 unspecified atom stereocenters. The molecule has 0 aliphatic heterocycles. The fraction of sp³-hybridized carbons (Fsp3) is 0.200. The molecule has 0 aliphatic carbocycles. The van der Waals surface area contributed by atoms with Crippen molar-refractivity contribution in [2.24, 2.45) is 0 Å². The van der Waals surface area contributed by atoms with E-state index in [1.165, 1.54) is 6.20 Å². The van der Waals surface area contributed by atoms with E-state index in [0.29, 0.717) is 23.8 Å². The van der Waals surface area contributed by atoms with Gasteiger partial charge in [0.05, 0.1) is 6.61 Å². The molecule has 1 heterocycles. The van der Waals surface area contributed by atoms with Crippen molar-refractivity contribution >= 4 is 6.29 Å². The highest BCUT2D eigenvalue weighted by molar-refractivity contribution is 5.74. The lowest BCUT2D eigenvalue weighted by atomic mass is 10.2. The number of pyridine rings is 1. The van der Waals surface area contributed by atoms with Gasteiger partial charge in [-0.2, -0.15) is 0 Å². The van der Waals surface area contributed by atoms with Crippen LogP contribution in [0.2, 0.25) is 0 Å². The molecule has 0 fully saturated rings. The van der Waals surface area contributed by atoms with Crippen LogP contribution in [0.5, 0.6) is 11.6 Å². The molecule has 98 valence electrons. The Kier molecular flexibility index (Phi) is 4.26. The first-order valence-corrected chi connectivity index (χ1v) is 5.90. The van der Waals surface area contributed by atoms with Gasteiger partial charge in [0.15, 0.2) is 6.29 Å². The van der Waals surface area contributed by atoms with Gasteiger partial charge in [-0.05, 0) is 30.7 Å². The van der Waals surface area contributed by atoms with Crippen LogP contribution in [0.3, 0.4) is 0 Å². The highest BCUT2D eigenvalue weighted by Gasteiger charge is 2.05. The fourth-order valence-corrected chi connectivity index (χ4v) is 1.73. The Hall–Kier alpha value is -2.20. The number of rotatable bonds is 5. The lowest BCUT2D eigenvalue weighted by molar-refractivity contribution is 0.112. The van der Waals surface area contributed by atoms with Gasteiger partial charge < -0.3 is 9.47 Å². The molecular weight excluding hydrogens is 242 g/mol. The number of aldehydes is 1. The van der Waals surface area contributed by atoms with Crippen molar-refractivity contribution in [3.8, 4) is 11.6 Å². The van der Waals surface area contributed by atoms with E-state index in [-0.39, 0.29) is 0 Å². The molecule has 1 aromatic carbocycles. The van der Waals surface area contributed by atoms with E-state index in [1.54, 1.807) is 13.2 Å². The van der Waals surface area contributed by atoms with Crippen molar-refractivity contribution in [3.05, 3.63) is 53.2 Å². The molecule has 4 nitrogen and oxygen atoms in total. The Bertz CT molecular complexity index is 581. The number of benzene rings is 1. The Labute approximate surface area is 112 Å². The SMILES string of the molecule is COCc1cccc(Oc2ncc(C=O)cc2C)c1. The summed E-state index contributed by atoms with van der Waals surface area (Å²) in [6.45, 7) is 2.39. The fourth-order valence-electron chi connectivity index (χ4n) is 1.73. The third-order valence-electron chi connectivity index (χ3n) is 2.61. The van der Waals surface area contributed by atoms with Crippen molar-refractivity contribution in [1.29, 1.82) is 0 Å². The molecule has 0 amide bonds. The second-order valence-corrected chi connectivity index (χ2v) is 4.19. The zero-order chi connectivity index (χ0) is 13.7. The van der Waals surface area contributed by atoms with Gasteiger partial charge >= 0.3 is 0 Å². The van der Waals surface area contributed by atoms with Crippen molar-refractivity contribution in [3.63, 3.8) is 0 Å². The molecule has 0 saturated heterocycles. The topological polar surface area (TPSA) is 48.4 Å². The van der Waals surface area contributed by atoms with E-state index in [2.05, 4.69) is 4.98 Å². The third-order valence-corrected chi connectivity index (χ3v) is 2.61. The summed E-state index contributed by atoms with van der Waals surface area (Å²) in [6, 6.07) is 9.37. The molecule has 2 rings (SSSR count). The predicted molar refractivity (Wildman–Crippen MR) is 71.6 cm³/mol. The standard InChI is InChI=1S/C15H15NO3/c1-11-6-13(9-17)8-16-15(11)19-14-5-3-4-12(7-14)10-18-2/h3-9H,10H2,1-2H3. The molecule has 0 aliphatic rings. The van der Waals surface area contributed by atoms with Crippen LogP contribution in [0.25, 0.3) is 0 Å². The van der Waals surface area contributed by atoms with Gasteiger partial charge in [-0.1, -0.05) is 12.1 Å². The normalized spacial score (nSPS) is 10.2. The van der Waals surface area contributed by atoms with Crippen LogP contribution in [0.4, 0.5) is 0 Å². The van der Waals surface area contributed by atoms with Crippen LogP contribution in [0, 0.1) is 6.92 Å². The first-order chi connectivity index (χ1) is 9.22. The van der Waals surface area contributed by atoms with Gasteiger partial charge in [0.1, 0.15) is 5.75 Å². The number of hydrogen-bond donors (Lipinski definition) is 0. The van der Waals surface area contributed by atoms with E-state index in [9.17, 15) is 4.79 Å². The number of hydrogen-bond acceptors (Lipinski definition) is 4. The summed E-state index contributed by atoms with van der Waals surface area (Å²) in [5.74, 6) is 1.20. The number of nitrogens with zero attached hydrogens (tertiary/aromatic N) is 1. The largest absolute Gasteiger partial charge is 0.439 e. The van der Waals surface area contributed by atoms with Gasteiger partial charge in [-0.15, -0.1) is 0 Å². The quantitative estimate of drug-likeness (QED) is 0.772. The average Bonchev–Trinajstić information content (AvgIpc) is 2.42. The maximum absolute atomic E-state index is 10.7. The van der Waals surface area contributed by atoms with Crippen molar-refractivity contribution in [2.45, 2.75) is 13.5 Å². The minimum Gasteiger partial charge on any atom is -0.439 e. The Morgan fingerprint density at radius 3 is 2.84 bits per heavy atom. The van der Waals surface area contributed by atoms with Gasteiger partial charge in [0.25, 0.3) is 0 Å². The van der Waals surface area contributed by atoms with Crippen LogP contribution >= 0.6 is 0 Å². The number of methoxy groups -OCH3 is 1. The summed E-state index contributed by atoms with van der Waals surface area (Å²) in [7, 11) is 1.65. The van der Waals surface area contributed by atoms with E-state index in [0.717, 1.165) is 17.4 Å². The van der Waals surface area contributed by atoms with E-state index >= 15 is 0 Å². The summed E-state index contributed by atoms with van der Waals surface area (Å²) in [4.78, 5) is 14.8. The number of aryl methyl sites for hydroxylation is 1. The summed E-state index contributed by atoms with van der Waals surface area (Å²) in [6.07, 6.45) is 2.26. The maximum atomic E-state index is 10.7. The molecule has 0 atom stereocenters. The summed E-state index contributed by atoms with van der Waals surface area (Å²) in [5, 5.41) is 0. The minimum absolute atomic E-state index is 0.500. The zero-order valence-electron chi connectivity index (χ0n) is 10.9. The monoisotopic (exact) mass is 257 g/mol. The van der Waals surface area contributed by atoms with Gasteiger partial charge in [0, 0.05) is 24.4 Å². The Morgan fingerprint density at radius 1 is 1.32 bits per heavy atom. The van der Waals surface area contributed by atoms with E-state index in [1.807, 2.05) is 31.2 Å². The van der Waals surface area contributed by atoms with Crippen LogP contribution in [0.15, 0.2) is 36.5 Å². The van der Waals surface area contributed by atoms with Gasteiger partial charge in [0.2, 0.25) is 5.88 Å². The van der Waals surface area contributed by atoms with E-state index < -0.39 is 0 Å². The third kappa shape index (κ3) is 3.39. The highest BCUT2D eigenvalue weighted by Crippen LogP contribution is 2.23. The smallest absolute Gasteiger partial charge is 0.222 e. The molecular formula is C15H15NO3. The summed E-state index contributed by atoms with van der Waals surface area (Å²) < 4.78 is 10.8. The van der Waals surface area contributed by atoms with Crippen LogP contribution < -0.4 is 4.74 Å². The number of carbonyl (C=O) groups is 1. The number of ether oxygens (including phenoxy) is 2. The second-order valence-electron chi connectivity index (χ2n) is 4.19. The first kappa shape index (κ1) is 13.2. The van der Waals surface area contributed by atoms with Crippen LogP contribution in [0.1, 0.15) is 21.5 Å².